The van der Waals surface area contributed by atoms with Gasteiger partial charge in [-0.15, -0.1) is 0 Å². The first-order valence-electron chi connectivity index (χ1n) is 12.0. The topological polar surface area (TPSA) is 51.4 Å². The second-order valence-corrected chi connectivity index (χ2v) is 9.27. The van der Waals surface area contributed by atoms with E-state index in [1.54, 1.807) is 7.11 Å². The van der Waals surface area contributed by atoms with Crippen molar-refractivity contribution in [2.45, 2.75) is 51.0 Å². The maximum absolute atomic E-state index is 5.51. The summed E-state index contributed by atoms with van der Waals surface area (Å²) in [4.78, 5) is 7.02. The van der Waals surface area contributed by atoms with Crippen molar-refractivity contribution < 1.29 is 9.26 Å². The number of methoxy groups -OCH3 is 1. The summed E-state index contributed by atoms with van der Waals surface area (Å²) in [6, 6.07) is 19.4. The van der Waals surface area contributed by atoms with Crippen LogP contribution >= 0.6 is 0 Å². The van der Waals surface area contributed by atoms with Crippen molar-refractivity contribution in [3.05, 3.63) is 83.0 Å². The maximum Gasteiger partial charge on any atom is 0.250 e. The Kier molecular flexibility index (Phi) is 7.95. The second kappa shape index (κ2) is 11.3. The summed E-state index contributed by atoms with van der Waals surface area (Å²) in [6.45, 7) is 0. The SMILES string of the molecule is COc1ccc(Cc2noc(C=C3CCC(C(CCc4ccccc4)N(C)C)CC3)n2)cc1. The fraction of sp³-hybridized carbons (Fsp3) is 0.429. The molecule has 4 rings (SSSR count). The third-order valence-electron chi connectivity index (χ3n) is 6.78. The minimum Gasteiger partial charge on any atom is -0.497 e. The maximum atomic E-state index is 5.51. The molecule has 1 atom stereocenters. The lowest BCUT2D eigenvalue weighted by atomic mass is 9.79. The predicted molar refractivity (Wildman–Crippen MR) is 132 cm³/mol. The highest BCUT2D eigenvalue weighted by molar-refractivity contribution is 5.44. The van der Waals surface area contributed by atoms with Crippen molar-refractivity contribution in [1.82, 2.24) is 15.0 Å². The number of hydrogen-bond acceptors (Lipinski definition) is 5. The highest BCUT2D eigenvalue weighted by Crippen LogP contribution is 2.34. The molecule has 1 aromatic heterocycles. The van der Waals surface area contributed by atoms with Gasteiger partial charge in [0.1, 0.15) is 5.75 Å². The Balaban J connectivity index is 1.30. The Morgan fingerprint density at radius 1 is 1.03 bits per heavy atom. The Hall–Kier alpha value is -2.92. The lowest BCUT2D eigenvalue weighted by Crippen LogP contribution is -2.37. The molecule has 0 aliphatic heterocycles. The standard InChI is InChI=1S/C28H35N3O2/c1-31(2)26(18-13-21-7-5-4-6-8-21)24-14-9-23(10-15-24)20-28-29-27(30-33-28)19-22-11-16-25(32-3)17-12-22/h4-8,11-12,16-17,20,24,26H,9-10,13-15,18-19H2,1-3H3. The van der Waals surface area contributed by atoms with Gasteiger partial charge in [0, 0.05) is 18.5 Å². The fourth-order valence-corrected chi connectivity index (χ4v) is 4.91. The van der Waals surface area contributed by atoms with Crippen LogP contribution < -0.4 is 4.74 Å². The quantitative estimate of drug-likeness (QED) is 0.416. The van der Waals surface area contributed by atoms with Gasteiger partial charge in [0.2, 0.25) is 0 Å². The smallest absolute Gasteiger partial charge is 0.250 e. The summed E-state index contributed by atoms with van der Waals surface area (Å²) < 4.78 is 10.7. The molecule has 0 spiro atoms. The summed E-state index contributed by atoms with van der Waals surface area (Å²) in [5.41, 5.74) is 4.00. The number of allylic oxidation sites excluding steroid dienone is 1. The van der Waals surface area contributed by atoms with E-state index in [-0.39, 0.29) is 0 Å². The molecule has 0 N–H and O–H groups in total. The van der Waals surface area contributed by atoms with Crippen LogP contribution in [0.2, 0.25) is 0 Å². The van der Waals surface area contributed by atoms with E-state index in [0.29, 0.717) is 24.2 Å². The van der Waals surface area contributed by atoms with Crippen LogP contribution in [0.15, 0.2) is 64.7 Å². The summed E-state index contributed by atoms with van der Waals surface area (Å²) in [7, 11) is 6.13. The van der Waals surface area contributed by atoms with Gasteiger partial charge in [0.05, 0.1) is 7.11 Å². The molecule has 0 bridgehead atoms. The van der Waals surface area contributed by atoms with E-state index in [0.717, 1.165) is 36.5 Å². The minimum atomic E-state index is 0.617. The van der Waals surface area contributed by atoms with E-state index < -0.39 is 0 Å². The van der Waals surface area contributed by atoms with E-state index in [2.05, 4.69) is 65.5 Å². The summed E-state index contributed by atoms with van der Waals surface area (Å²) >= 11 is 0. The molecule has 33 heavy (non-hydrogen) atoms. The minimum absolute atomic E-state index is 0.617. The molecule has 1 aliphatic rings. The van der Waals surface area contributed by atoms with Gasteiger partial charge in [-0.3, -0.25) is 0 Å². The second-order valence-electron chi connectivity index (χ2n) is 9.27. The number of nitrogens with zero attached hydrogens (tertiary/aromatic N) is 3. The summed E-state index contributed by atoms with van der Waals surface area (Å²) in [6.07, 6.45) is 9.76. The Bertz CT molecular complexity index is 1010. The highest BCUT2D eigenvalue weighted by Gasteiger charge is 2.26. The van der Waals surface area contributed by atoms with Crippen molar-refractivity contribution in [3.63, 3.8) is 0 Å². The van der Waals surface area contributed by atoms with E-state index in [1.165, 1.54) is 30.4 Å². The first-order valence-corrected chi connectivity index (χ1v) is 12.0. The van der Waals surface area contributed by atoms with Gasteiger partial charge in [0.15, 0.2) is 5.82 Å². The first-order chi connectivity index (χ1) is 16.1. The molecule has 5 heteroatoms. The molecular formula is C28H35N3O2. The fourth-order valence-electron chi connectivity index (χ4n) is 4.91. The molecule has 5 nitrogen and oxygen atoms in total. The Morgan fingerprint density at radius 3 is 2.42 bits per heavy atom. The van der Waals surface area contributed by atoms with Gasteiger partial charge in [-0.2, -0.15) is 4.98 Å². The summed E-state index contributed by atoms with van der Waals surface area (Å²) in [5.74, 6) is 2.92. The molecular weight excluding hydrogens is 410 g/mol. The molecule has 174 valence electrons. The van der Waals surface area contributed by atoms with E-state index >= 15 is 0 Å². The zero-order valence-corrected chi connectivity index (χ0v) is 20.0. The Morgan fingerprint density at radius 2 is 1.76 bits per heavy atom. The van der Waals surface area contributed by atoms with Crippen LogP contribution in [0.3, 0.4) is 0 Å². The van der Waals surface area contributed by atoms with Gasteiger partial charge >= 0.3 is 0 Å². The van der Waals surface area contributed by atoms with Gasteiger partial charge in [0.25, 0.3) is 5.89 Å². The highest BCUT2D eigenvalue weighted by atomic mass is 16.5. The van der Waals surface area contributed by atoms with E-state index in [9.17, 15) is 0 Å². The zero-order valence-electron chi connectivity index (χ0n) is 20.0. The van der Waals surface area contributed by atoms with Crippen LogP contribution in [0.4, 0.5) is 0 Å². The molecule has 1 heterocycles. The van der Waals surface area contributed by atoms with Crippen molar-refractivity contribution >= 4 is 6.08 Å². The number of ether oxygens (including phenoxy) is 1. The lowest BCUT2D eigenvalue weighted by Gasteiger charge is -2.35. The largest absolute Gasteiger partial charge is 0.497 e. The van der Waals surface area contributed by atoms with Crippen molar-refractivity contribution in [3.8, 4) is 5.75 Å². The van der Waals surface area contributed by atoms with E-state index in [1.807, 2.05) is 24.3 Å². The number of hydrogen-bond donors (Lipinski definition) is 0. The van der Waals surface area contributed by atoms with Gasteiger partial charge < -0.3 is 14.2 Å². The molecule has 1 fully saturated rings. The predicted octanol–water partition coefficient (Wildman–Crippen LogP) is 5.81. The third kappa shape index (κ3) is 6.55. The van der Waals surface area contributed by atoms with Crippen LogP contribution in [0, 0.1) is 5.92 Å². The number of aromatic nitrogens is 2. The van der Waals surface area contributed by atoms with Crippen molar-refractivity contribution in [1.29, 1.82) is 0 Å². The van der Waals surface area contributed by atoms with E-state index in [4.69, 9.17) is 9.26 Å². The average Bonchev–Trinajstić information content (AvgIpc) is 3.28. The van der Waals surface area contributed by atoms with Crippen LogP contribution in [0.1, 0.15) is 54.9 Å². The zero-order chi connectivity index (χ0) is 23.0. The molecule has 0 amide bonds. The van der Waals surface area contributed by atoms with Gasteiger partial charge in [-0.05, 0) is 81.8 Å². The van der Waals surface area contributed by atoms with Gasteiger partial charge in [-0.25, -0.2) is 0 Å². The normalized spacial score (nSPS) is 17.2. The number of aryl methyl sites for hydroxylation is 1. The van der Waals surface area contributed by atoms with Crippen LogP contribution in [-0.4, -0.2) is 42.3 Å². The molecule has 1 saturated carbocycles. The van der Waals surface area contributed by atoms with Crippen LogP contribution in [-0.2, 0) is 12.8 Å². The molecule has 3 aromatic rings. The van der Waals surface area contributed by atoms with Crippen LogP contribution in [0.5, 0.6) is 5.75 Å². The molecule has 1 unspecified atom stereocenters. The molecule has 1 aliphatic carbocycles. The van der Waals surface area contributed by atoms with Crippen LogP contribution in [0.25, 0.3) is 6.08 Å². The lowest BCUT2D eigenvalue weighted by molar-refractivity contribution is 0.172. The molecule has 0 radical (unpaired) electrons. The molecule has 0 saturated heterocycles. The number of rotatable bonds is 9. The van der Waals surface area contributed by atoms with Crippen molar-refractivity contribution in [2.24, 2.45) is 5.92 Å². The monoisotopic (exact) mass is 445 g/mol. The van der Waals surface area contributed by atoms with Gasteiger partial charge in [-0.1, -0.05) is 53.2 Å². The number of benzene rings is 2. The first kappa shape index (κ1) is 23.2. The Labute approximate surface area is 197 Å². The average molecular weight is 446 g/mol. The van der Waals surface area contributed by atoms with Crippen molar-refractivity contribution in [2.75, 3.05) is 21.2 Å². The summed E-state index contributed by atoms with van der Waals surface area (Å²) in [5, 5.41) is 4.17. The third-order valence-corrected chi connectivity index (χ3v) is 6.78. The molecule has 2 aromatic carbocycles.